The molecule has 3 nitrogen and oxygen atoms in total. The highest BCUT2D eigenvalue weighted by Gasteiger charge is 2.43. The van der Waals surface area contributed by atoms with Crippen molar-refractivity contribution in [1.29, 1.82) is 0 Å². The van der Waals surface area contributed by atoms with Crippen LogP contribution in [0.2, 0.25) is 0 Å². The molecule has 3 heteroatoms. The van der Waals surface area contributed by atoms with E-state index in [-0.39, 0.29) is 17.7 Å². The van der Waals surface area contributed by atoms with Crippen molar-refractivity contribution >= 4 is 5.91 Å². The number of carbonyl (C=O) groups is 1. The van der Waals surface area contributed by atoms with E-state index < -0.39 is 6.10 Å². The lowest BCUT2D eigenvalue weighted by Crippen LogP contribution is -2.35. The quantitative estimate of drug-likeness (QED) is 0.845. The predicted molar refractivity (Wildman–Crippen MR) is 85.2 cm³/mol. The van der Waals surface area contributed by atoms with Gasteiger partial charge in [-0.25, -0.2) is 0 Å². The molecule has 116 valence electrons. The standard InChI is InChI=1S/C18H27NO2/c1-11(2)13-5-7-14(8-6-13)15-9-16(15)18(21)19-10-17(20)12(3)4/h5-8,11-12,15-17,20H,9-10H2,1-4H3,(H,19,21). The molecule has 0 bridgehead atoms. The fraction of sp³-hybridized carbons (Fsp3) is 0.611. The van der Waals surface area contributed by atoms with Gasteiger partial charge in [-0.15, -0.1) is 0 Å². The molecule has 0 heterocycles. The Morgan fingerprint density at radius 2 is 1.86 bits per heavy atom. The van der Waals surface area contributed by atoms with E-state index in [4.69, 9.17) is 0 Å². The minimum absolute atomic E-state index is 0.0765. The number of hydrogen-bond donors (Lipinski definition) is 2. The Kier molecular flexibility index (Phi) is 5.04. The van der Waals surface area contributed by atoms with Gasteiger partial charge in [-0.05, 0) is 35.3 Å². The third kappa shape index (κ3) is 4.07. The smallest absolute Gasteiger partial charge is 0.223 e. The van der Waals surface area contributed by atoms with Crippen molar-refractivity contribution in [3.05, 3.63) is 35.4 Å². The lowest BCUT2D eigenvalue weighted by atomic mass is 10.00. The average molecular weight is 289 g/mol. The Labute approximate surface area is 127 Å². The monoisotopic (exact) mass is 289 g/mol. The van der Waals surface area contributed by atoms with Gasteiger partial charge in [0, 0.05) is 12.5 Å². The van der Waals surface area contributed by atoms with Crippen molar-refractivity contribution in [3.8, 4) is 0 Å². The van der Waals surface area contributed by atoms with Crippen LogP contribution in [0.25, 0.3) is 0 Å². The van der Waals surface area contributed by atoms with E-state index in [0.29, 0.717) is 18.4 Å². The molecule has 1 fully saturated rings. The van der Waals surface area contributed by atoms with Crippen LogP contribution in [0.4, 0.5) is 0 Å². The number of hydrogen-bond acceptors (Lipinski definition) is 2. The van der Waals surface area contributed by atoms with Crippen molar-refractivity contribution in [3.63, 3.8) is 0 Å². The summed E-state index contributed by atoms with van der Waals surface area (Å²) in [6.45, 7) is 8.62. The molecule has 0 aromatic heterocycles. The topological polar surface area (TPSA) is 49.3 Å². The lowest BCUT2D eigenvalue weighted by molar-refractivity contribution is -0.123. The minimum atomic E-state index is -0.462. The molecule has 3 unspecified atom stereocenters. The summed E-state index contributed by atoms with van der Waals surface area (Å²) >= 11 is 0. The van der Waals surface area contributed by atoms with Crippen LogP contribution in [0, 0.1) is 11.8 Å². The molecule has 21 heavy (non-hydrogen) atoms. The molecule has 3 atom stereocenters. The zero-order valence-electron chi connectivity index (χ0n) is 13.5. The predicted octanol–water partition coefficient (Wildman–Crippen LogP) is 3.05. The van der Waals surface area contributed by atoms with E-state index in [2.05, 4.69) is 43.4 Å². The fourth-order valence-corrected chi connectivity index (χ4v) is 2.55. The summed E-state index contributed by atoms with van der Waals surface area (Å²) in [6, 6.07) is 8.62. The molecule has 1 aliphatic rings. The molecule has 1 aromatic rings. The highest BCUT2D eigenvalue weighted by atomic mass is 16.3. The number of carbonyl (C=O) groups excluding carboxylic acids is 1. The normalized spacial score (nSPS) is 22.4. The first-order valence-corrected chi connectivity index (χ1v) is 7.95. The second-order valence-corrected chi connectivity index (χ2v) is 6.83. The van der Waals surface area contributed by atoms with E-state index in [0.717, 1.165) is 6.42 Å². The zero-order chi connectivity index (χ0) is 15.6. The summed E-state index contributed by atoms with van der Waals surface area (Å²) in [5.41, 5.74) is 2.59. The highest BCUT2D eigenvalue weighted by Crippen LogP contribution is 2.47. The summed E-state index contributed by atoms with van der Waals surface area (Å²) in [7, 11) is 0. The van der Waals surface area contributed by atoms with E-state index in [9.17, 15) is 9.90 Å². The Bertz CT molecular complexity index is 478. The van der Waals surface area contributed by atoms with Crippen LogP contribution in [0.5, 0.6) is 0 Å². The maximum absolute atomic E-state index is 12.1. The fourth-order valence-electron chi connectivity index (χ4n) is 2.55. The molecular weight excluding hydrogens is 262 g/mol. The summed E-state index contributed by atoms with van der Waals surface area (Å²) < 4.78 is 0. The van der Waals surface area contributed by atoms with Gasteiger partial charge in [0.25, 0.3) is 0 Å². The van der Waals surface area contributed by atoms with Crippen LogP contribution in [0.3, 0.4) is 0 Å². The molecule has 2 N–H and O–H groups in total. The largest absolute Gasteiger partial charge is 0.391 e. The van der Waals surface area contributed by atoms with Gasteiger partial charge in [-0.1, -0.05) is 52.0 Å². The van der Waals surface area contributed by atoms with Crippen molar-refractivity contribution in [2.45, 2.75) is 52.1 Å². The molecule has 1 amide bonds. The van der Waals surface area contributed by atoms with Gasteiger partial charge in [-0.3, -0.25) is 4.79 Å². The Morgan fingerprint density at radius 3 is 2.38 bits per heavy atom. The molecule has 1 aromatic carbocycles. The van der Waals surface area contributed by atoms with E-state index >= 15 is 0 Å². The second-order valence-electron chi connectivity index (χ2n) is 6.83. The average Bonchev–Trinajstić information content (AvgIpc) is 3.24. The summed E-state index contributed by atoms with van der Waals surface area (Å²) in [4.78, 5) is 12.1. The van der Waals surface area contributed by atoms with Crippen LogP contribution in [-0.2, 0) is 4.79 Å². The molecular formula is C18H27NO2. The Morgan fingerprint density at radius 1 is 1.24 bits per heavy atom. The van der Waals surface area contributed by atoms with E-state index in [1.807, 2.05) is 13.8 Å². The Balaban J connectivity index is 1.85. The van der Waals surface area contributed by atoms with Crippen molar-refractivity contribution in [2.75, 3.05) is 6.54 Å². The Hall–Kier alpha value is -1.35. The third-order valence-corrected chi connectivity index (χ3v) is 4.41. The lowest BCUT2D eigenvalue weighted by Gasteiger charge is -2.15. The summed E-state index contributed by atoms with van der Waals surface area (Å²) in [5.74, 6) is 1.21. The highest BCUT2D eigenvalue weighted by molar-refractivity contribution is 5.82. The second kappa shape index (κ2) is 6.61. The number of amides is 1. The first kappa shape index (κ1) is 16.0. The molecule has 1 saturated carbocycles. The third-order valence-electron chi connectivity index (χ3n) is 4.41. The first-order chi connectivity index (χ1) is 9.90. The first-order valence-electron chi connectivity index (χ1n) is 7.95. The van der Waals surface area contributed by atoms with Gasteiger partial charge in [-0.2, -0.15) is 0 Å². The van der Waals surface area contributed by atoms with Crippen molar-refractivity contribution < 1.29 is 9.90 Å². The van der Waals surface area contributed by atoms with Crippen LogP contribution in [0.15, 0.2) is 24.3 Å². The van der Waals surface area contributed by atoms with Gasteiger partial charge in [0.15, 0.2) is 0 Å². The van der Waals surface area contributed by atoms with Gasteiger partial charge in [0.05, 0.1) is 6.10 Å². The van der Waals surface area contributed by atoms with Crippen LogP contribution in [-0.4, -0.2) is 23.7 Å². The maximum Gasteiger partial charge on any atom is 0.223 e. The van der Waals surface area contributed by atoms with Gasteiger partial charge in [0.2, 0.25) is 5.91 Å². The van der Waals surface area contributed by atoms with Crippen LogP contribution < -0.4 is 5.32 Å². The van der Waals surface area contributed by atoms with Crippen molar-refractivity contribution in [1.82, 2.24) is 5.32 Å². The maximum atomic E-state index is 12.1. The van der Waals surface area contributed by atoms with Gasteiger partial charge >= 0.3 is 0 Å². The van der Waals surface area contributed by atoms with Crippen LogP contribution in [0.1, 0.15) is 57.1 Å². The molecule has 0 radical (unpaired) electrons. The molecule has 1 aliphatic carbocycles. The number of nitrogens with one attached hydrogen (secondary N) is 1. The van der Waals surface area contributed by atoms with Gasteiger partial charge < -0.3 is 10.4 Å². The molecule has 0 spiro atoms. The summed E-state index contributed by atoms with van der Waals surface area (Å²) in [5, 5.41) is 12.6. The molecule has 0 saturated heterocycles. The molecule has 2 rings (SSSR count). The number of rotatable bonds is 6. The van der Waals surface area contributed by atoms with Crippen LogP contribution >= 0.6 is 0 Å². The summed E-state index contributed by atoms with van der Waals surface area (Å²) in [6.07, 6.45) is 0.460. The number of benzene rings is 1. The number of aliphatic hydroxyl groups is 1. The van der Waals surface area contributed by atoms with Crippen molar-refractivity contribution in [2.24, 2.45) is 11.8 Å². The minimum Gasteiger partial charge on any atom is -0.391 e. The van der Waals surface area contributed by atoms with E-state index in [1.165, 1.54) is 11.1 Å². The molecule has 0 aliphatic heterocycles. The van der Waals surface area contributed by atoms with E-state index in [1.54, 1.807) is 0 Å². The SMILES string of the molecule is CC(C)c1ccc(C2CC2C(=O)NCC(O)C(C)C)cc1. The van der Waals surface area contributed by atoms with Gasteiger partial charge in [0.1, 0.15) is 0 Å². The zero-order valence-corrected chi connectivity index (χ0v) is 13.5. The number of aliphatic hydroxyl groups excluding tert-OH is 1.